The fraction of sp³-hybridized carbons (Fsp3) is 0.562. The molecule has 4 nitrogen and oxygen atoms in total. The zero-order valence-electron chi connectivity index (χ0n) is 12.4. The molecular formula is C16H24N2O2. The van der Waals surface area contributed by atoms with Crippen LogP contribution < -0.4 is 10.2 Å². The molecule has 1 heterocycles. The molecule has 1 aromatic carbocycles. The third kappa shape index (κ3) is 4.05. The van der Waals surface area contributed by atoms with E-state index in [2.05, 4.69) is 24.4 Å². The van der Waals surface area contributed by atoms with Crippen LogP contribution >= 0.6 is 0 Å². The quantitative estimate of drug-likeness (QED) is 0.831. The van der Waals surface area contributed by atoms with Gasteiger partial charge in [0.05, 0.1) is 6.61 Å². The highest BCUT2D eigenvalue weighted by Crippen LogP contribution is 2.21. The minimum Gasteiger partial charge on any atom is -0.380 e. The molecule has 1 saturated heterocycles. The van der Waals surface area contributed by atoms with Gasteiger partial charge in [-0.05, 0) is 38.0 Å². The molecule has 20 heavy (non-hydrogen) atoms. The Kier molecular flexibility index (Phi) is 5.56. The molecule has 1 aromatic rings. The molecule has 1 aliphatic heterocycles. The summed E-state index contributed by atoms with van der Waals surface area (Å²) in [4.78, 5) is 13.5. The summed E-state index contributed by atoms with van der Waals surface area (Å²) in [6, 6.07) is 8.58. The Morgan fingerprint density at radius 1 is 1.35 bits per heavy atom. The van der Waals surface area contributed by atoms with E-state index in [1.165, 1.54) is 5.56 Å². The highest BCUT2D eigenvalue weighted by atomic mass is 16.5. The van der Waals surface area contributed by atoms with Crippen LogP contribution in [0.15, 0.2) is 24.3 Å². The topological polar surface area (TPSA) is 41.6 Å². The Bertz CT molecular complexity index is 431. The van der Waals surface area contributed by atoms with E-state index in [9.17, 15) is 4.79 Å². The number of ether oxygens (including phenoxy) is 1. The van der Waals surface area contributed by atoms with Gasteiger partial charge in [0.1, 0.15) is 0 Å². The molecule has 110 valence electrons. The summed E-state index contributed by atoms with van der Waals surface area (Å²) < 4.78 is 5.38. The maximum atomic E-state index is 11.7. The summed E-state index contributed by atoms with van der Waals surface area (Å²) in [6.07, 6.45) is 1.65. The van der Waals surface area contributed by atoms with E-state index in [0.29, 0.717) is 12.5 Å². The molecule has 0 radical (unpaired) electrons. The molecule has 0 aromatic heterocycles. The second-order valence-electron chi connectivity index (χ2n) is 5.26. The predicted octanol–water partition coefficient (Wildman–Crippen LogP) is 2.33. The lowest BCUT2D eigenvalue weighted by molar-refractivity contribution is -0.117. The SMILES string of the molecule is CCOCC(C)NCc1ccc(N2CCCC2=O)cc1. The number of benzene rings is 1. The highest BCUT2D eigenvalue weighted by molar-refractivity contribution is 5.95. The minimum atomic E-state index is 0.237. The van der Waals surface area contributed by atoms with E-state index < -0.39 is 0 Å². The van der Waals surface area contributed by atoms with Gasteiger partial charge in [-0.1, -0.05) is 12.1 Å². The average molecular weight is 276 g/mol. The van der Waals surface area contributed by atoms with Crippen molar-refractivity contribution in [3.63, 3.8) is 0 Å². The van der Waals surface area contributed by atoms with E-state index in [1.54, 1.807) is 0 Å². The third-order valence-corrected chi connectivity index (χ3v) is 3.55. The zero-order valence-corrected chi connectivity index (χ0v) is 12.4. The van der Waals surface area contributed by atoms with E-state index in [1.807, 2.05) is 24.0 Å². The van der Waals surface area contributed by atoms with Crippen molar-refractivity contribution in [1.29, 1.82) is 0 Å². The molecule has 1 amide bonds. The molecule has 0 spiro atoms. The standard InChI is InChI=1S/C16H24N2O2/c1-3-20-12-13(2)17-11-14-6-8-15(9-7-14)18-10-4-5-16(18)19/h6-9,13,17H,3-5,10-12H2,1-2H3. The lowest BCUT2D eigenvalue weighted by atomic mass is 10.2. The van der Waals surface area contributed by atoms with Crippen molar-refractivity contribution < 1.29 is 9.53 Å². The molecule has 1 fully saturated rings. The molecule has 0 bridgehead atoms. The smallest absolute Gasteiger partial charge is 0.227 e. The van der Waals surface area contributed by atoms with Crippen molar-refractivity contribution in [2.75, 3.05) is 24.7 Å². The van der Waals surface area contributed by atoms with Crippen LogP contribution in [-0.4, -0.2) is 31.7 Å². The van der Waals surface area contributed by atoms with Gasteiger partial charge < -0.3 is 15.0 Å². The lowest BCUT2D eigenvalue weighted by Crippen LogP contribution is -2.30. The van der Waals surface area contributed by atoms with Crippen LogP contribution in [0.2, 0.25) is 0 Å². The number of hydrogen-bond acceptors (Lipinski definition) is 3. The van der Waals surface area contributed by atoms with Gasteiger partial charge in [0.25, 0.3) is 0 Å². The first-order chi connectivity index (χ1) is 9.70. The Balaban J connectivity index is 1.84. The summed E-state index contributed by atoms with van der Waals surface area (Å²) in [5.74, 6) is 0.237. The van der Waals surface area contributed by atoms with E-state index in [4.69, 9.17) is 4.74 Å². The van der Waals surface area contributed by atoms with E-state index in [-0.39, 0.29) is 5.91 Å². The van der Waals surface area contributed by atoms with Crippen LogP contribution in [0.4, 0.5) is 5.69 Å². The number of amides is 1. The van der Waals surface area contributed by atoms with Crippen molar-refractivity contribution in [3.05, 3.63) is 29.8 Å². The monoisotopic (exact) mass is 276 g/mol. The first-order valence-corrected chi connectivity index (χ1v) is 7.41. The van der Waals surface area contributed by atoms with Crippen molar-refractivity contribution in [2.45, 2.75) is 39.3 Å². The maximum absolute atomic E-state index is 11.7. The number of nitrogens with zero attached hydrogens (tertiary/aromatic N) is 1. The first-order valence-electron chi connectivity index (χ1n) is 7.41. The average Bonchev–Trinajstić information content (AvgIpc) is 2.89. The number of carbonyl (C=O) groups excluding carboxylic acids is 1. The van der Waals surface area contributed by atoms with Gasteiger partial charge in [-0.3, -0.25) is 4.79 Å². The Hall–Kier alpha value is -1.39. The molecule has 1 aliphatic rings. The Morgan fingerprint density at radius 2 is 2.10 bits per heavy atom. The second kappa shape index (κ2) is 7.41. The molecule has 1 atom stereocenters. The fourth-order valence-corrected chi connectivity index (χ4v) is 2.36. The second-order valence-corrected chi connectivity index (χ2v) is 5.26. The van der Waals surface area contributed by atoms with Gasteiger partial charge in [0.2, 0.25) is 5.91 Å². The van der Waals surface area contributed by atoms with E-state index >= 15 is 0 Å². The summed E-state index contributed by atoms with van der Waals surface area (Å²) >= 11 is 0. The highest BCUT2D eigenvalue weighted by Gasteiger charge is 2.21. The van der Waals surface area contributed by atoms with Gasteiger partial charge in [0.15, 0.2) is 0 Å². The molecule has 2 rings (SSSR count). The summed E-state index contributed by atoms with van der Waals surface area (Å²) in [7, 11) is 0. The number of hydrogen-bond donors (Lipinski definition) is 1. The van der Waals surface area contributed by atoms with Crippen LogP contribution in [0.3, 0.4) is 0 Å². The first kappa shape index (κ1) is 15.0. The predicted molar refractivity (Wildman–Crippen MR) is 80.8 cm³/mol. The number of anilines is 1. The van der Waals surface area contributed by atoms with Crippen LogP contribution in [-0.2, 0) is 16.1 Å². The molecule has 1 N–H and O–H groups in total. The lowest BCUT2D eigenvalue weighted by Gasteiger charge is -2.17. The number of carbonyl (C=O) groups is 1. The van der Waals surface area contributed by atoms with E-state index in [0.717, 1.165) is 38.4 Å². The maximum Gasteiger partial charge on any atom is 0.227 e. The van der Waals surface area contributed by atoms with Crippen molar-refractivity contribution in [2.24, 2.45) is 0 Å². The fourth-order valence-electron chi connectivity index (χ4n) is 2.36. The summed E-state index contributed by atoms with van der Waals surface area (Å²) in [5, 5.41) is 3.43. The Morgan fingerprint density at radius 3 is 2.70 bits per heavy atom. The number of nitrogens with one attached hydrogen (secondary N) is 1. The Labute approximate surface area is 121 Å². The minimum absolute atomic E-state index is 0.237. The van der Waals surface area contributed by atoms with Gasteiger partial charge in [-0.2, -0.15) is 0 Å². The molecule has 1 unspecified atom stereocenters. The van der Waals surface area contributed by atoms with Crippen molar-refractivity contribution >= 4 is 11.6 Å². The molecule has 0 aliphatic carbocycles. The van der Waals surface area contributed by atoms with Gasteiger partial charge in [-0.15, -0.1) is 0 Å². The van der Waals surface area contributed by atoms with Crippen LogP contribution in [0, 0.1) is 0 Å². The van der Waals surface area contributed by atoms with Gasteiger partial charge in [-0.25, -0.2) is 0 Å². The summed E-state index contributed by atoms with van der Waals surface area (Å²) in [5.41, 5.74) is 2.24. The van der Waals surface area contributed by atoms with Crippen molar-refractivity contribution in [3.8, 4) is 0 Å². The van der Waals surface area contributed by atoms with Crippen LogP contribution in [0.25, 0.3) is 0 Å². The normalized spacial score (nSPS) is 16.7. The van der Waals surface area contributed by atoms with Crippen LogP contribution in [0.5, 0.6) is 0 Å². The van der Waals surface area contributed by atoms with Crippen LogP contribution in [0.1, 0.15) is 32.3 Å². The number of rotatable bonds is 7. The van der Waals surface area contributed by atoms with Crippen molar-refractivity contribution in [1.82, 2.24) is 5.32 Å². The van der Waals surface area contributed by atoms with Gasteiger partial charge in [0, 0.05) is 37.8 Å². The zero-order chi connectivity index (χ0) is 14.4. The largest absolute Gasteiger partial charge is 0.380 e. The molecule has 4 heteroatoms. The summed E-state index contributed by atoms with van der Waals surface area (Å²) in [6.45, 7) is 7.28. The molecule has 0 saturated carbocycles. The third-order valence-electron chi connectivity index (χ3n) is 3.55. The molecular weight excluding hydrogens is 252 g/mol. The van der Waals surface area contributed by atoms with Gasteiger partial charge >= 0.3 is 0 Å².